The SMILES string of the molecule is NC1(COc2cc(F)c3c(c2)CC(CNCCC2CN(c4ccc5c(n4)NC(=O)CO5)C(=O)O2)C3)CC1. The van der Waals surface area contributed by atoms with Gasteiger partial charge in [-0.15, -0.1) is 0 Å². The van der Waals surface area contributed by atoms with E-state index in [4.69, 9.17) is 19.9 Å². The van der Waals surface area contributed by atoms with Gasteiger partial charge in [0.1, 0.15) is 30.1 Å². The first-order chi connectivity index (χ1) is 17.8. The van der Waals surface area contributed by atoms with Crippen molar-refractivity contribution >= 4 is 23.6 Å². The van der Waals surface area contributed by atoms with Crippen LogP contribution in [0, 0.1) is 11.7 Å². The van der Waals surface area contributed by atoms with E-state index in [-0.39, 0.29) is 30.0 Å². The molecule has 11 heteroatoms. The van der Waals surface area contributed by atoms with Crippen molar-refractivity contribution in [2.75, 3.05) is 43.1 Å². The molecule has 1 saturated carbocycles. The molecule has 10 nitrogen and oxygen atoms in total. The Bertz CT molecular complexity index is 1240. The molecule has 0 spiro atoms. The summed E-state index contributed by atoms with van der Waals surface area (Å²) in [6.45, 7) is 2.14. The number of nitrogens with two attached hydrogens (primary N) is 1. The Labute approximate surface area is 213 Å². The molecule has 37 heavy (non-hydrogen) atoms. The van der Waals surface area contributed by atoms with Crippen LogP contribution >= 0.6 is 0 Å². The zero-order valence-corrected chi connectivity index (χ0v) is 20.4. The lowest BCUT2D eigenvalue weighted by Crippen LogP contribution is -2.30. The standard InChI is InChI=1S/C26H30FN5O5/c27-20-10-18(36-14-26(28)4-5-26)9-16-7-15(8-19(16)20)11-29-6-3-17-12-32(25(34)37-17)22-2-1-21-24(30-22)31-23(33)13-35-21/h1-2,9-10,15,17,29H,3-8,11-14,28H2,(H,30,31,33). The molecule has 2 fully saturated rings. The fraction of sp³-hybridized carbons (Fsp3) is 0.500. The highest BCUT2D eigenvalue weighted by Crippen LogP contribution is 2.35. The minimum atomic E-state index is -0.470. The maximum atomic E-state index is 14.7. The van der Waals surface area contributed by atoms with Gasteiger partial charge in [0.15, 0.2) is 18.2 Å². The van der Waals surface area contributed by atoms with Gasteiger partial charge in [0.25, 0.3) is 5.91 Å². The first kappa shape index (κ1) is 23.9. The van der Waals surface area contributed by atoms with Crippen molar-refractivity contribution in [1.82, 2.24) is 10.3 Å². The van der Waals surface area contributed by atoms with Gasteiger partial charge in [-0.1, -0.05) is 0 Å². The number of anilines is 2. The Morgan fingerprint density at radius 2 is 2.14 bits per heavy atom. The summed E-state index contributed by atoms with van der Waals surface area (Å²) < 4.78 is 31.2. The van der Waals surface area contributed by atoms with Gasteiger partial charge in [-0.05, 0) is 80.4 Å². The number of benzene rings is 1. The number of carbonyl (C=O) groups is 2. The molecule has 4 aliphatic rings. The second-order valence-corrected chi connectivity index (χ2v) is 10.4. The van der Waals surface area contributed by atoms with Crippen molar-refractivity contribution in [3.8, 4) is 11.5 Å². The van der Waals surface area contributed by atoms with Crippen LogP contribution in [0.5, 0.6) is 11.5 Å². The van der Waals surface area contributed by atoms with Crippen molar-refractivity contribution in [3.63, 3.8) is 0 Å². The second-order valence-electron chi connectivity index (χ2n) is 10.4. The topological polar surface area (TPSA) is 128 Å². The largest absolute Gasteiger partial charge is 0.492 e. The zero-order chi connectivity index (χ0) is 25.6. The number of hydrogen-bond donors (Lipinski definition) is 3. The molecule has 6 rings (SSSR count). The number of carbonyl (C=O) groups excluding carboxylic acids is 2. The molecular formula is C26H30FN5O5. The summed E-state index contributed by atoms with van der Waals surface area (Å²) in [6.07, 6.45) is 3.27. The number of ether oxygens (including phenoxy) is 3. The van der Waals surface area contributed by atoms with Gasteiger partial charge in [0.05, 0.1) is 12.1 Å². The maximum absolute atomic E-state index is 14.7. The molecular weight excluding hydrogens is 481 g/mol. The Balaban J connectivity index is 0.963. The lowest BCUT2D eigenvalue weighted by Gasteiger charge is -2.19. The first-order valence-corrected chi connectivity index (χ1v) is 12.7. The molecule has 1 saturated heterocycles. The van der Waals surface area contributed by atoms with Gasteiger partial charge < -0.3 is 30.6 Å². The van der Waals surface area contributed by atoms with Gasteiger partial charge in [-0.25, -0.2) is 14.2 Å². The first-order valence-electron chi connectivity index (χ1n) is 12.7. The lowest BCUT2D eigenvalue weighted by atomic mass is 10.1. The van der Waals surface area contributed by atoms with Crippen molar-refractivity contribution in [2.45, 2.75) is 43.7 Å². The maximum Gasteiger partial charge on any atom is 0.415 e. The number of halogens is 1. The molecule has 3 heterocycles. The van der Waals surface area contributed by atoms with Gasteiger partial charge >= 0.3 is 6.09 Å². The third kappa shape index (κ3) is 5.19. The Kier molecular flexibility index (Phi) is 6.12. The van der Waals surface area contributed by atoms with E-state index in [1.165, 1.54) is 11.0 Å². The fourth-order valence-corrected chi connectivity index (χ4v) is 5.04. The zero-order valence-electron chi connectivity index (χ0n) is 20.4. The van der Waals surface area contributed by atoms with Crippen molar-refractivity contribution < 1.29 is 28.2 Å². The minimum absolute atomic E-state index is 0.0540. The number of nitrogens with zero attached hydrogens (tertiary/aromatic N) is 2. The van der Waals surface area contributed by atoms with Crippen LogP contribution in [0.15, 0.2) is 24.3 Å². The average Bonchev–Trinajstić information content (AvgIpc) is 3.28. The van der Waals surface area contributed by atoms with Gasteiger partial charge in [0.2, 0.25) is 0 Å². The molecule has 1 aromatic carbocycles. The van der Waals surface area contributed by atoms with E-state index in [2.05, 4.69) is 15.6 Å². The molecule has 2 aliphatic carbocycles. The van der Waals surface area contributed by atoms with Crippen LogP contribution in [0.2, 0.25) is 0 Å². The van der Waals surface area contributed by atoms with Crippen molar-refractivity contribution in [2.24, 2.45) is 11.7 Å². The number of cyclic esters (lactones) is 1. The van der Waals surface area contributed by atoms with Crippen LogP contribution in [0.4, 0.5) is 20.8 Å². The normalized spacial score (nSPS) is 23.1. The predicted molar refractivity (Wildman–Crippen MR) is 132 cm³/mol. The summed E-state index contributed by atoms with van der Waals surface area (Å²) in [5, 5.41) is 6.08. The van der Waals surface area contributed by atoms with E-state index in [1.807, 2.05) is 6.07 Å². The third-order valence-corrected chi connectivity index (χ3v) is 7.37. The van der Waals surface area contributed by atoms with Crippen LogP contribution in [0.3, 0.4) is 0 Å². The number of aromatic nitrogens is 1. The Morgan fingerprint density at radius 3 is 2.97 bits per heavy atom. The van der Waals surface area contributed by atoms with Gasteiger partial charge in [0, 0.05) is 6.07 Å². The summed E-state index contributed by atoms with van der Waals surface area (Å²) in [4.78, 5) is 29.8. The molecule has 196 valence electrons. The molecule has 4 N–H and O–H groups in total. The number of amides is 2. The quantitative estimate of drug-likeness (QED) is 0.437. The highest BCUT2D eigenvalue weighted by atomic mass is 19.1. The van der Waals surface area contributed by atoms with Crippen LogP contribution in [-0.4, -0.2) is 61.5 Å². The predicted octanol–water partition coefficient (Wildman–Crippen LogP) is 2.14. The van der Waals surface area contributed by atoms with Crippen LogP contribution in [0.25, 0.3) is 0 Å². The van der Waals surface area contributed by atoms with E-state index >= 15 is 0 Å². The average molecular weight is 512 g/mol. The molecule has 2 aliphatic heterocycles. The smallest absolute Gasteiger partial charge is 0.415 e. The summed E-state index contributed by atoms with van der Waals surface area (Å²) in [6, 6.07) is 6.77. The number of hydrogen-bond acceptors (Lipinski definition) is 8. The minimum Gasteiger partial charge on any atom is -0.492 e. The summed E-state index contributed by atoms with van der Waals surface area (Å²) in [5.41, 5.74) is 7.61. The van der Waals surface area contributed by atoms with E-state index in [9.17, 15) is 14.0 Å². The van der Waals surface area contributed by atoms with E-state index < -0.39 is 6.09 Å². The van der Waals surface area contributed by atoms with Crippen LogP contribution < -0.4 is 30.7 Å². The van der Waals surface area contributed by atoms with E-state index in [1.54, 1.807) is 12.1 Å². The molecule has 2 unspecified atom stereocenters. The summed E-state index contributed by atoms with van der Waals surface area (Å²) >= 11 is 0. The molecule has 1 aromatic heterocycles. The highest BCUT2D eigenvalue weighted by Gasteiger charge is 2.39. The monoisotopic (exact) mass is 511 g/mol. The number of rotatable bonds is 9. The van der Waals surface area contributed by atoms with Crippen LogP contribution in [0.1, 0.15) is 30.4 Å². The van der Waals surface area contributed by atoms with Gasteiger partial charge in [-0.2, -0.15) is 0 Å². The van der Waals surface area contributed by atoms with Gasteiger partial charge in [-0.3, -0.25) is 9.69 Å². The van der Waals surface area contributed by atoms with Crippen LogP contribution in [-0.2, 0) is 22.4 Å². The summed E-state index contributed by atoms with van der Waals surface area (Å²) in [5.74, 6) is 1.52. The fourth-order valence-electron chi connectivity index (χ4n) is 5.04. The molecule has 2 amide bonds. The number of nitrogens with one attached hydrogen (secondary N) is 2. The molecule has 2 atom stereocenters. The molecule has 0 radical (unpaired) electrons. The van der Waals surface area contributed by atoms with Crippen molar-refractivity contribution in [1.29, 1.82) is 0 Å². The van der Waals surface area contributed by atoms with E-state index in [0.29, 0.717) is 61.6 Å². The highest BCUT2D eigenvalue weighted by molar-refractivity contribution is 5.95. The second kappa shape index (κ2) is 9.46. The number of fused-ring (bicyclic) bond motifs is 2. The Hall–Kier alpha value is -3.44. The summed E-state index contributed by atoms with van der Waals surface area (Å²) in [7, 11) is 0. The molecule has 2 aromatic rings. The lowest BCUT2D eigenvalue weighted by molar-refractivity contribution is -0.118. The number of pyridine rings is 1. The third-order valence-electron chi connectivity index (χ3n) is 7.37. The Morgan fingerprint density at radius 1 is 1.27 bits per heavy atom. The molecule has 0 bridgehead atoms. The van der Waals surface area contributed by atoms with E-state index in [0.717, 1.165) is 36.9 Å². The van der Waals surface area contributed by atoms with Crippen molar-refractivity contribution in [3.05, 3.63) is 41.2 Å².